The summed E-state index contributed by atoms with van der Waals surface area (Å²) < 4.78 is 0. The molecule has 1 N–H and O–H groups in total. The number of hydrogen-bond donors (Lipinski definition) is 1. The van der Waals surface area contributed by atoms with Crippen LogP contribution in [0.5, 0.6) is 0 Å². The molecule has 2 nitrogen and oxygen atoms in total. The Balaban J connectivity index is 1.72. The highest BCUT2D eigenvalue weighted by atomic mass is 15.2. The number of hydrogen-bond acceptors (Lipinski definition) is 2. The van der Waals surface area contributed by atoms with E-state index in [9.17, 15) is 0 Å². The highest BCUT2D eigenvalue weighted by molar-refractivity contribution is 5.05. The molecule has 2 saturated carbocycles. The molecule has 3 aliphatic rings. The monoisotopic (exact) mass is 278 g/mol. The molecule has 1 atom stereocenters. The minimum absolute atomic E-state index is 0.529. The molecule has 116 valence electrons. The molecule has 0 radical (unpaired) electrons. The van der Waals surface area contributed by atoms with E-state index in [4.69, 9.17) is 0 Å². The molecule has 20 heavy (non-hydrogen) atoms. The van der Waals surface area contributed by atoms with Gasteiger partial charge in [0.15, 0.2) is 0 Å². The van der Waals surface area contributed by atoms with Crippen molar-refractivity contribution in [2.75, 3.05) is 19.6 Å². The highest BCUT2D eigenvalue weighted by Gasteiger charge is 2.47. The lowest BCUT2D eigenvalue weighted by Gasteiger charge is -2.47. The summed E-state index contributed by atoms with van der Waals surface area (Å²) in [5.74, 6) is 1.03. The Morgan fingerprint density at radius 1 is 1.05 bits per heavy atom. The topological polar surface area (TPSA) is 15.3 Å². The van der Waals surface area contributed by atoms with Crippen LogP contribution in [-0.2, 0) is 0 Å². The van der Waals surface area contributed by atoms with E-state index in [1.807, 2.05) is 0 Å². The molecule has 0 amide bonds. The lowest BCUT2D eigenvalue weighted by Crippen LogP contribution is -2.60. The van der Waals surface area contributed by atoms with Crippen LogP contribution in [0.1, 0.15) is 77.6 Å². The van der Waals surface area contributed by atoms with Crippen molar-refractivity contribution in [3.63, 3.8) is 0 Å². The molecule has 3 rings (SSSR count). The molecule has 0 aromatic rings. The van der Waals surface area contributed by atoms with Crippen LogP contribution in [0.3, 0.4) is 0 Å². The normalized spacial score (nSPS) is 28.6. The summed E-state index contributed by atoms with van der Waals surface area (Å²) in [6.07, 6.45) is 15.9. The summed E-state index contributed by atoms with van der Waals surface area (Å²) in [6.45, 7) is 6.27. The highest BCUT2D eigenvalue weighted by Crippen LogP contribution is 2.43. The molecule has 1 saturated heterocycles. The van der Waals surface area contributed by atoms with Crippen molar-refractivity contribution in [1.82, 2.24) is 10.2 Å². The van der Waals surface area contributed by atoms with Crippen molar-refractivity contribution in [1.29, 1.82) is 0 Å². The van der Waals surface area contributed by atoms with E-state index in [1.54, 1.807) is 0 Å². The third-order valence-corrected chi connectivity index (χ3v) is 6.29. The van der Waals surface area contributed by atoms with Gasteiger partial charge in [0.25, 0.3) is 0 Å². The van der Waals surface area contributed by atoms with Gasteiger partial charge in [-0.1, -0.05) is 39.0 Å². The van der Waals surface area contributed by atoms with Crippen molar-refractivity contribution in [3.05, 3.63) is 0 Å². The molecular formula is C18H34N2. The van der Waals surface area contributed by atoms with Gasteiger partial charge in [0.1, 0.15) is 0 Å². The Hall–Kier alpha value is -0.0800. The van der Waals surface area contributed by atoms with E-state index in [0.29, 0.717) is 5.54 Å². The van der Waals surface area contributed by atoms with Crippen LogP contribution in [0.2, 0.25) is 0 Å². The number of rotatable bonds is 7. The summed E-state index contributed by atoms with van der Waals surface area (Å²) >= 11 is 0. The van der Waals surface area contributed by atoms with Crippen LogP contribution >= 0.6 is 0 Å². The summed E-state index contributed by atoms with van der Waals surface area (Å²) in [5, 5.41) is 3.99. The second-order valence-electron chi connectivity index (χ2n) is 7.54. The zero-order valence-corrected chi connectivity index (χ0v) is 13.5. The van der Waals surface area contributed by atoms with Gasteiger partial charge in [-0.15, -0.1) is 0 Å². The fraction of sp³-hybridized carbons (Fsp3) is 1.00. The van der Waals surface area contributed by atoms with Gasteiger partial charge in [-0.25, -0.2) is 0 Å². The van der Waals surface area contributed by atoms with Gasteiger partial charge >= 0.3 is 0 Å². The third kappa shape index (κ3) is 2.92. The standard InChI is InChI=1S/C18H34N2/c1-2-12-19-17(15-16-8-7-9-16)18(10-3-4-11-18)20-13-5-6-14-20/h16-17,19H,2-15H2,1H3. The molecule has 0 aromatic carbocycles. The van der Waals surface area contributed by atoms with Crippen LogP contribution in [0, 0.1) is 5.92 Å². The molecule has 0 bridgehead atoms. The predicted octanol–water partition coefficient (Wildman–Crippen LogP) is 3.95. The Labute approximate surface area is 125 Å². The average Bonchev–Trinajstić information content (AvgIpc) is 3.08. The minimum atomic E-state index is 0.529. The summed E-state index contributed by atoms with van der Waals surface area (Å²) in [6, 6.07) is 0.772. The van der Waals surface area contributed by atoms with Gasteiger partial charge in [0.05, 0.1) is 0 Å². The first kappa shape index (κ1) is 14.8. The van der Waals surface area contributed by atoms with Crippen molar-refractivity contribution in [3.8, 4) is 0 Å². The van der Waals surface area contributed by atoms with Crippen LogP contribution in [-0.4, -0.2) is 36.1 Å². The number of likely N-dealkylation sites (tertiary alicyclic amines) is 1. The van der Waals surface area contributed by atoms with Crippen molar-refractivity contribution in [2.45, 2.75) is 89.1 Å². The first-order chi connectivity index (χ1) is 9.85. The smallest absolute Gasteiger partial charge is 0.0362 e. The summed E-state index contributed by atoms with van der Waals surface area (Å²) in [4.78, 5) is 2.89. The Morgan fingerprint density at radius 3 is 2.30 bits per heavy atom. The molecule has 2 heteroatoms. The lowest BCUT2D eigenvalue weighted by atomic mass is 9.74. The maximum Gasteiger partial charge on any atom is 0.0362 e. The SMILES string of the molecule is CCCNC(CC1CCC1)C1(N2CCCC2)CCCC1. The molecule has 0 aromatic heterocycles. The van der Waals surface area contributed by atoms with E-state index >= 15 is 0 Å². The van der Waals surface area contributed by atoms with Crippen molar-refractivity contribution in [2.24, 2.45) is 5.92 Å². The molecular weight excluding hydrogens is 244 g/mol. The molecule has 3 fully saturated rings. The molecule has 1 heterocycles. The zero-order valence-electron chi connectivity index (χ0n) is 13.5. The van der Waals surface area contributed by atoms with Gasteiger partial charge in [-0.3, -0.25) is 4.90 Å². The van der Waals surface area contributed by atoms with Crippen molar-refractivity contribution < 1.29 is 0 Å². The van der Waals surface area contributed by atoms with Crippen molar-refractivity contribution >= 4 is 0 Å². The fourth-order valence-electron chi connectivity index (χ4n) is 4.91. The van der Waals surface area contributed by atoms with Crippen LogP contribution < -0.4 is 5.32 Å². The number of nitrogens with one attached hydrogen (secondary N) is 1. The molecule has 0 spiro atoms. The van der Waals surface area contributed by atoms with Crippen LogP contribution in [0.15, 0.2) is 0 Å². The first-order valence-electron chi connectivity index (χ1n) is 9.33. The van der Waals surface area contributed by atoms with Gasteiger partial charge in [-0.2, -0.15) is 0 Å². The molecule has 2 aliphatic carbocycles. The van der Waals surface area contributed by atoms with E-state index < -0.39 is 0 Å². The molecule has 1 aliphatic heterocycles. The van der Waals surface area contributed by atoms with Gasteiger partial charge < -0.3 is 5.32 Å². The van der Waals surface area contributed by atoms with E-state index in [-0.39, 0.29) is 0 Å². The Kier molecular flexibility index (Phi) is 5.04. The quantitative estimate of drug-likeness (QED) is 0.758. The minimum Gasteiger partial charge on any atom is -0.312 e. The summed E-state index contributed by atoms with van der Waals surface area (Å²) in [5.41, 5.74) is 0.529. The Bertz CT molecular complexity index is 286. The van der Waals surface area contributed by atoms with E-state index in [2.05, 4.69) is 17.1 Å². The predicted molar refractivity (Wildman–Crippen MR) is 86.0 cm³/mol. The lowest BCUT2D eigenvalue weighted by molar-refractivity contribution is 0.0581. The number of nitrogens with zero attached hydrogens (tertiary/aromatic N) is 1. The zero-order chi connectivity index (χ0) is 13.8. The van der Waals surface area contributed by atoms with E-state index in [0.717, 1.165) is 12.0 Å². The maximum absolute atomic E-state index is 3.99. The van der Waals surface area contributed by atoms with Crippen LogP contribution in [0.25, 0.3) is 0 Å². The first-order valence-corrected chi connectivity index (χ1v) is 9.33. The Morgan fingerprint density at radius 2 is 1.75 bits per heavy atom. The maximum atomic E-state index is 3.99. The molecule has 1 unspecified atom stereocenters. The largest absolute Gasteiger partial charge is 0.312 e. The van der Waals surface area contributed by atoms with E-state index in [1.165, 1.54) is 90.3 Å². The summed E-state index contributed by atoms with van der Waals surface area (Å²) in [7, 11) is 0. The van der Waals surface area contributed by atoms with Crippen LogP contribution in [0.4, 0.5) is 0 Å². The third-order valence-electron chi connectivity index (χ3n) is 6.29. The second-order valence-corrected chi connectivity index (χ2v) is 7.54. The fourth-order valence-corrected chi connectivity index (χ4v) is 4.91. The van der Waals surface area contributed by atoms with Gasteiger partial charge in [0.2, 0.25) is 0 Å². The average molecular weight is 278 g/mol. The van der Waals surface area contributed by atoms with Gasteiger partial charge in [0, 0.05) is 11.6 Å². The second kappa shape index (κ2) is 6.79. The van der Waals surface area contributed by atoms with Gasteiger partial charge in [-0.05, 0) is 64.1 Å².